The fourth-order valence-corrected chi connectivity index (χ4v) is 4.95. The summed E-state index contributed by atoms with van der Waals surface area (Å²) >= 11 is 0. The molecule has 3 nitrogen and oxygen atoms in total. The molecule has 0 spiro atoms. The molecular formula is C29H26F6N2O. The minimum absolute atomic E-state index is 0.0278. The number of hydrogen-bond donors (Lipinski definition) is 1. The van der Waals surface area contributed by atoms with Crippen LogP contribution in [0, 0.1) is 6.57 Å². The smallest absolute Gasteiger partial charge is 0.373 e. The summed E-state index contributed by atoms with van der Waals surface area (Å²) in [5.74, 6) is 0. The zero-order valence-electron chi connectivity index (χ0n) is 20.5. The number of benzene rings is 3. The van der Waals surface area contributed by atoms with E-state index in [9.17, 15) is 26.3 Å². The Morgan fingerprint density at radius 1 is 0.868 bits per heavy atom. The highest BCUT2D eigenvalue weighted by molar-refractivity contribution is 5.36. The van der Waals surface area contributed by atoms with Crippen molar-refractivity contribution in [1.29, 1.82) is 0 Å². The number of nitrogens with zero attached hydrogens (tertiary/aromatic N) is 1. The van der Waals surface area contributed by atoms with Crippen LogP contribution in [0.2, 0.25) is 0 Å². The van der Waals surface area contributed by atoms with Gasteiger partial charge in [-0.2, -0.15) is 26.3 Å². The van der Waals surface area contributed by atoms with Crippen molar-refractivity contribution in [2.75, 3.05) is 6.61 Å². The maximum Gasteiger partial charge on any atom is 0.416 e. The van der Waals surface area contributed by atoms with Crippen LogP contribution in [-0.2, 0) is 29.0 Å². The standard InChI is InChI=1S/C29H26F6N2O/c1-20(22-13-24(28(30,31)32)15-25(14-22)29(33,34)35)38-19-26(23-11-7-4-8-12-23)17-27(18-26,36-2)37-16-21-9-5-3-6-10-21/h3-15,20,37H,16-19H2,1H3/t20-,26?,27?/m1/s1. The van der Waals surface area contributed by atoms with Gasteiger partial charge in [0, 0.05) is 12.0 Å². The van der Waals surface area contributed by atoms with E-state index in [-0.39, 0.29) is 18.2 Å². The van der Waals surface area contributed by atoms with Gasteiger partial charge in [0.2, 0.25) is 0 Å². The number of nitrogens with one attached hydrogen (secondary N) is 1. The average molecular weight is 533 g/mol. The van der Waals surface area contributed by atoms with Gasteiger partial charge < -0.3 is 4.74 Å². The second kappa shape index (κ2) is 10.4. The van der Waals surface area contributed by atoms with Crippen LogP contribution in [0.1, 0.15) is 53.7 Å². The maximum absolute atomic E-state index is 13.3. The van der Waals surface area contributed by atoms with Gasteiger partial charge in [0.1, 0.15) is 0 Å². The molecule has 4 rings (SSSR count). The van der Waals surface area contributed by atoms with Gasteiger partial charge in [-0.15, -0.1) is 0 Å². The van der Waals surface area contributed by atoms with Crippen molar-refractivity contribution in [2.24, 2.45) is 0 Å². The Balaban J connectivity index is 1.55. The second-order valence-corrected chi connectivity index (χ2v) is 9.77. The molecule has 0 heterocycles. The third-order valence-corrected chi connectivity index (χ3v) is 7.02. The molecule has 0 unspecified atom stereocenters. The van der Waals surface area contributed by atoms with Crippen LogP contribution < -0.4 is 5.32 Å². The molecule has 0 aliphatic heterocycles. The Morgan fingerprint density at radius 3 is 1.89 bits per heavy atom. The molecule has 3 aromatic rings. The lowest BCUT2D eigenvalue weighted by atomic mass is 9.58. The van der Waals surface area contributed by atoms with Crippen LogP contribution in [0.15, 0.2) is 78.9 Å². The first-order valence-electron chi connectivity index (χ1n) is 12.0. The quantitative estimate of drug-likeness (QED) is 0.235. The predicted molar refractivity (Wildman–Crippen MR) is 131 cm³/mol. The van der Waals surface area contributed by atoms with Crippen molar-refractivity contribution in [3.63, 3.8) is 0 Å². The van der Waals surface area contributed by atoms with Gasteiger partial charge in [-0.05, 0) is 41.8 Å². The molecular weight excluding hydrogens is 506 g/mol. The highest BCUT2D eigenvalue weighted by Gasteiger charge is 2.61. The van der Waals surface area contributed by atoms with Gasteiger partial charge in [0.05, 0.1) is 36.7 Å². The van der Waals surface area contributed by atoms with Gasteiger partial charge in [0.25, 0.3) is 5.66 Å². The Hall–Kier alpha value is -3.35. The molecule has 0 amide bonds. The minimum atomic E-state index is -4.94. The first-order valence-corrected chi connectivity index (χ1v) is 12.0. The van der Waals surface area contributed by atoms with E-state index in [4.69, 9.17) is 11.3 Å². The fourth-order valence-electron chi connectivity index (χ4n) is 4.95. The molecule has 3 aromatic carbocycles. The normalized spacial score (nSPS) is 22.4. The van der Waals surface area contributed by atoms with Crippen LogP contribution in [0.4, 0.5) is 26.3 Å². The average Bonchev–Trinajstić information content (AvgIpc) is 2.87. The zero-order valence-corrected chi connectivity index (χ0v) is 20.5. The molecule has 0 saturated heterocycles. The predicted octanol–water partition coefficient (Wildman–Crippen LogP) is 7.94. The third kappa shape index (κ3) is 6.03. The molecule has 0 radical (unpaired) electrons. The Morgan fingerprint density at radius 2 is 1.39 bits per heavy atom. The molecule has 38 heavy (non-hydrogen) atoms. The van der Waals surface area contributed by atoms with Gasteiger partial charge in [-0.1, -0.05) is 60.7 Å². The summed E-state index contributed by atoms with van der Waals surface area (Å²) in [6.45, 7) is 9.78. The Labute approximate surface area is 217 Å². The summed E-state index contributed by atoms with van der Waals surface area (Å²) in [7, 11) is 0. The molecule has 1 aliphatic rings. The largest absolute Gasteiger partial charge is 0.416 e. The molecule has 0 bridgehead atoms. The summed E-state index contributed by atoms with van der Waals surface area (Å²) in [6.07, 6.45) is -10.2. The van der Waals surface area contributed by atoms with Crippen LogP contribution in [0.25, 0.3) is 4.85 Å². The van der Waals surface area contributed by atoms with E-state index in [1.165, 1.54) is 6.92 Å². The maximum atomic E-state index is 13.3. The number of hydrogen-bond acceptors (Lipinski definition) is 2. The van der Waals surface area contributed by atoms with E-state index in [0.717, 1.165) is 11.1 Å². The summed E-state index contributed by atoms with van der Waals surface area (Å²) < 4.78 is 86.0. The lowest BCUT2D eigenvalue weighted by Crippen LogP contribution is -2.62. The third-order valence-electron chi connectivity index (χ3n) is 7.02. The topological polar surface area (TPSA) is 25.6 Å². The molecule has 1 aliphatic carbocycles. The van der Waals surface area contributed by atoms with Crippen LogP contribution in [-0.4, -0.2) is 12.3 Å². The zero-order chi connectivity index (χ0) is 27.6. The second-order valence-electron chi connectivity index (χ2n) is 9.77. The van der Waals surface area contributed by atoms with Crippen molar-refractivity contribution in [3.05, 3.63) is 118 Å². The minimum Gasteiger partial charge on any atom is -0.373 e. The number of halogens is 6. The van der Waals surface area contributed by atoms with Gasteiger partial charge in [0.15, 0.2) is 0 Å². The van der Waals surface area contributed by atoms with Crippen molar-refractivity contribution in [1.82, 2.24) is 5.32 Å². The monoisotopic (exact) mass is 532 g/mol. The van der Waals surface area contributed by atoms with Crippen LogP contribution >= 0.6 is 0 Å². The molecule has 9 heteroatoms. The van der Waals surface area contributed by atoms with Crippen molar-refractivity contribution in [3.8, 4) is 0 Å². The number of rotatable bonds is 8. The number of alkyl halides is 6. The van der Waals surface area contributed by atoms with Crippen LogP contribution in [0.3, 0.4) is 0 Å². The van der Waals surface area contributed by atoms with Crippen LogP contribution in [0.5, 0.6) is 0 Å². The SMILES string of the molecule is [C-]#[N+]C1(NCc2ccccc2)CC(CO[C@H](C)c2cc(C(F)(F)F)cc(C(F)(F)F)c2)(c2ccccc2)C1. The van der Waals surface area contributed by atoms with Gasteiger partial charge in [-0.3, -0.25) is 4.85 Å². The molecule has 1 N–H and O–H groups in total. The van der Waals surface area contributed by atoms with Gasteiger partial charge in [-0.25, -0.2) is 11.9 Å². The van der Waals surface area contributed by atoms with E-state index < -0.39 is 40.7 Å². The summed E-state index contributed by atoms with van der Waals surface area (Å²) in [6, 6.07) is 20.4. The van der Waals surface area contributed by atoms with E-state index in [1.54, 1.807) is 0 Å². The van der Waals surface area contributed by atoms with Crippen molar-refractivity contribution >= 4 is 0 Å². The fraction of sp³-hybridized carbons (Fsp3) is 0.345. The first kappa shape index (κ1) is 27.7. The van der Waals surface area contributed by atoms with E-state index in [2.05, 4.69) is 10.2 Å². The Kier molecular flexibility index (Phi) is 7.60. The lowest BCUT2D eigenvalue weighted by molar-refractivity contribution is -0.143. The van der Waals surface area contributed by atoms with E-state index in [0.29, 0.717) is 31.5 Å². The lowest BCUT2D eigenvalue weighted by Gasteiger charge is -2.49. The Bertz CT molecular complexity index is 1240. The molecule has 1 fully saturated rings. The summed E-state index contributed by atoms with van der Waals surface area (Å²) in [4.78, 5) is 3.86. The first-order chi connectivity index (χ1) is 17.9. The van der Waals surface area contributed by atoms with Crippen molar-refractivity contribution in [2.45, 2.75) is 55.8 Å². The molecule has 1 saturated carbocycles. The van der Waals surface area contributed by atoms with E-state index >= 15 is 0 Å². The molecule has 0 aromatic heterocycles. The molecule has 200 valence electrons. The van der Waals surface area contributed by atoms with Crippen molar-refractivity contribution < 1.29 is 31.1 Å². The molecule has 1 atom stereocenters. The number of ether oxygens (including phenoxy) is 1. The highest BCUT2D eigenvalue weighted by Crippen LogP contribution is 2.52. The highest BCUT2D eigenvalue weighted by atomic mass is 19.4. The summed E-state index contributed by atoms with van der Waals surface area (Å²) in [5.41, 5.74) is -2.55. The van der Waals surface area contributed by atoms with Gasteiger partial charge >= 0.3 is 12.4 Å². The van der Waals surface area contributed by atoms with E-state index in [1.807, 2.05) is 60.7 Å². The summed E-state index contributed by atoms with van der Waals surface area (Å²) in [5, 5.41) is 3.33.